The summed E-state index contributed by atoms with van der Waals surface area (Å²) in [6.07, 6.45) is 2.00. The van der Waals surface area contributed by atoms with Gasteiger partial charge in [-0.25, -0.2) is 0 Å². The second kappa shape index (κ2) is 4.72. The van der Waals surface area contributed by atoms with E-state index in [0.717, 1.165) is 31.4 Å². The summed E-state index contributed by atoms with van der Waals surface area (Å²) in [5.41, 5.74) is 1.08. The molecule has 1 aromatic rings. The maximum Gasteiger partial charge on any atom is 0.0967 e. The quantitative estimate of drug-likeness (QED) is 0.722. The second-order valence-corrected chi connectivity index (χ2v) is 5.01. The summed E-state index contributed by atoms with van der Waals surface area (Å²) in [5.74, 6) is 0. The third kappa shape index (κ3) is 2.48. The normalized spacial score (nSPS) is 23.8. The van der Waals surface area contributed by atoms with Crippen molar-refractivity contribution in [3.8, 4) is 0 Å². The van der Waals surface area contributed by atoms with Crippen molar-refractivity contribution in [1.29, 1.82) is 0 Å². The predicted octanol–water partition coefficient (Wildman–Crippen LogP) is -1.10. The van der Waals surface area contributed by atoms with Crippen molar-refractivity contribution in [2.24, 2.45) is 7.05 Å². The van der Waals surface area contributed by atoms with Gasteiger partial charge in [-0.2, -0.15) is 0 Å². The van der Waals surface area contributed by atoms with E-state index in [1.165, 1.54) is 26.2 Å². The van der Waals surface area contributed by atoms with E-state index >= 15 is 0 Å². The molecule has 1 N–H and O–H groups in total. The minimum Gasteiger partial charge on any atom is -0.314 e. The molecule has 6 heteroatoms. The molecule has 0 radical (unpaired) electrons. The van der Waals surface area contributed by atoms with E-state index in [2.05, 4.69) is 25.4 Å². The van der Waals surface area contributed by atoms with Crippen molar-refractivity contribution in [2.45, 2.75) is 12.6 Å². The van der Waals surface area contributed by atoms with Crippen LogP contribution < -0.4 is 5.32 Å². The Balaban J connectivity index is 1.47. The largest absolute Gasteiger partial charge is 0.314 e. The lowest BCUT2D eigenvalue weighted by Gasteiger charge is -2.43. The lowest BCUT2D eigenvalue weighted by atomic mass is 10.1. The van der Waals surface area contributed by atoms with Gasteiger partial charge in [0.1, 0.15) is 0 Å². The van der Waals surface area contributed by atoms with Crippen LogP contribution in [0.4, 0.5) is 0 Å². The lowest BCUT2D eigenvalue weighted by Crippen LogP contribution is -2.61. The molecule has 0 aromatic carbocycles. The third-order valence-electron chi connectivity index (χ3n) is 3.72. The van der Waals surface area contributed by atoms with E-state index in [1.807, 2.05) is 13.2 Å². The molecule has 0 aliphatic carbocycles. The fourth-order valence-corrected chi connectivity index (χ4v) is 2.52. The van der Waals surface area contributed by atoms with E-state index in [4.69, 9.17) is 0 Å². The molecule has 2 aliphatic heterocycles. The number of hydrogen-bond acceptors (Lipinski definition) is 5. The van der Waals surface area contributed by atoms with Gasteiger partial charge in [0.05, 0.1) is 5.69 Å². The van der Waals surface area contributed by atoms with Crippen molar-refractivity contribution in [3.05, 3.63) is 11.9 Å². The Labute approximate surface area is 102 Å². The van der Waals surface area contributed by atoms with E-state index in [0.29, 0.717) is 0 Å². The summed E-state index contributed by atoms with van der Waals surface area (Å²) < 4.78 is 1.77. The Morgan fingerprint density at radius 3 is 2.59 bits per heavy atom. The Hall–Kier alpha value is -0.980. The van der Waals surface area contributed by atoms with Crippen LogP contribution in [0.15, 0.2) is 6.20 Å². The van der Waals surface area contributed by atoms with Gasteiger partial charge in [-0.3, -0.25) is 14.5 Å². The molecule has 1 aromatic heterocycles. The van der Waals surface area contributed by atoms with Crippen molar-refractivity contribution < 1.29 is 0 Å². The van der Waals surface area contributed by atoms with Gasteiger partial charge in [-0.05, 0) is 0 Å². The summed E-state index contributed by atoms with van der Waals surface area (Å²) in [6, 6.07) is 0.786. The average molecular weight is 236 g/mol. The molecule has 6 nitrogen and oxygen atoms in total. The zero-order valence-electron chi connectivity index (χ0n) is 10.3. The summed E-state index contributed by atoms with van der Waals surface area (Å²) in [7, 11) is 1.91. The van der Waals surface area contributed by atoms with Crippen LogP contribution in [0.5, 0.6) is 0 Å². The van der Waals surface area contributed by atoms with Crippen LogP contribution >= 0.6 is 0 Å². The van der Waals surface area contributed by atoms with Gasteiger partial charge in [0, 0.05) is 65.1 Å². The highest BCUT2D eigenvalue weighted by atomic mass is 15.4. The number of aryl methyl sites for hydroxylation is 1. The van der Waals surface area contributed by atoms with Crippen molar-refractivity contribution in [2.75, 3.05) is 39.3 Å². The number of piperazine rings is 1. The highest BCUT2D eigenvalue weighted by Crippen LogP contribution is 2.11. The smallest absolute Gasteiger partial charge is 0.0967 e. The van der Waals surface area contributed by atoms with Gasteiger partial charge >= 0.3 is 0 Å². The van der Waals surface area contributed by atoms with E-state index < -0.39 is 0 Å². The zero-order chi connectivity index (χ0) is 11.7. The van der Waals surface area contributed by atoms with Crippen LogP contribution in [0, 0.1) is 0 Å². The van der Waals surface area contributed by atoms with Crippen LogP contribution in [-0.2, 0) is 13.6 Å². The van der Waals surface area contributed by atoms with Gasteiger partial charge in [0.25, 0.3) is 0 Å². The number of nitrogens with one attached hydrogen (secondary N) is 1. The summed E-state index contributed by atoms with van der Waals surface area (Å²) in [6.45, 7) is 7.94. The minimum atomic E-state index is 0.786. The topological polar surface area (TPSA) is 49.2 Å². The van der Waals surface area contributed by atoms with E-state index in [-0.39, 0.29) is 0 Å². The average Bonchev–Trinajstić information content (AvgIpc) is 2.64. The number of hydrogen-bond donors (Lipinski definition) is 1. The van der Waals surface area contributed by atoms with Gasteiger partial charge < -0.3 is 5.32 Å². The molecule has 0 atom stereocenters. The molecule has 3 rings (SSSR count). The van der Waals surface area contributed by atoms with Gasteiger partial charge in [0.2, 0.25) is 0 Å². The number of aromatic nitrogens is 3. The Morgan fingerprint density at radius 2 is 2.06 bits per heavy atom. The molecule has 2 fully saturated rings. The van der Waals surface area contributed by atoms with E-state index in [1.54, 1.807) is 4.68 Å². The summed E-state index contributed by atoms with van der Waals surface area (Å²) >= 11 is 0. The van der Waals surface area contributed by atoms with Crippen LogP contribution in [0.2, 0.25) is 0 Å². The predicted molar refractivity (Wildman–Crippen MR) is 64.5 cm³/mol. The number of nitrogens with zero attached hydrogens (tertiary/aromatic N) is 5. The summed E-state index contributed by atoms with van der Waals surface area (Å²) in [4.78, 5) is 5.07. The zero-order valence-corrected chi connectivity index (χ0v) is 10.3. The first-order valence-electron chi connectivity index (χ1n) is 6.33. The van der Waals surface area contributed by atoms with Crippen molar-refractivity contribution in [3.63, 3.8) is 0 Å². The molecular formula is C11H20N6. The molecule has 3 heterocycles. The van der Waals surface area contributed by atoms with Crippen LogP contribution in [0.1, 0.15) is 5.69 Å². The minimum absolute atomic E-state index is 0.786. The Morgan fingerprint density at radius 1 is 1.29 bits per heavy atom. The Kier molecular flexibility index (Phi) is 3.09. The molecular weight excluding hydrogens is 216 g/mol. The SMILES string of the molecule is Cn1cc(CN2CCN(C3CNC3)CC2)nn1. The Bertz CT molecular complexity index is 364. The monoisotopic (exact) mass is 236 g/mol. The second-order valence-electron chi connectivity index (χ2n) is 5.01. The van der Waals surface area contributed by atoms with Crippen molar-refractivity contribution >= 4 is 0 Å². The fraction of sp³-hybridized carbons (Fsp3) is 0.818. The number of rotatable bonds is 3. The van der Waals surface area contributed by atoms with E-state index in [9.17, 15) is 0 Å². The standard InChI is InChI=1S/C11H20N6/c1-15-8-10(13-14-15)9-16-2-4-17(5-3-16)11-6-12-7-11/h8,11-12H,2-7,9H2,1H3. The van der Waals surface area contributed by atoms with Gasteiger partial charge in [-0.1, -0.05) is 5.21 Å². The third-order valence-corrected chi connectivity index (χ3v) is 3.72. The molecule has 0 amide bonds. The summed E-state index contributed by atoms with van der Waals surface area (Å²) in [5, 5.41) is 11.4. The molecule has 2 aliphatic rings. The van der Waals surface area contributed by atoms with Gasteiger partial charge in [-0.15, -0.1) is 5.10 Å². The highest BCUT2D eigenvalue weighted by Gasteiger charge is 2.27. The maximum atomic E-state index is 4.14. The lowest BCUT2D eigenvalue weighted by molar-refractivity contribution is 0.0690. The molecule has 17 heavy (non-hydrogen) atoms. The molecule has 0 bridgehead atoms. The highest BCUT2D eigenvalue weighted by molar-refractivity contribution is 4.93. The van der Waals surface area contributed by atoms with Crippen molar-refractivity contribution in [1.82, 2.24) is 30.1 Å². The molecule has 0 saturated carbocycles. The van der Waals surface area contributed by atoms with Crippen LogP contribution in [0.25, 0.3) is 0 Å². The molecule has 94 valence electrons. The van der Waals surface area contributed by atoms with Crippen LogP contribution in [-0.4, -0.2) is 70.1 Å². The molecule has 0 unspecified atom stereocenters. The first-order valence-corrected chi connectivity index (χ1v) is 6.33. The van der Waals surface area contributed by atoms with Crippen LogP contribution in [0.3, 0.4) is 0 Å². The van der Waals surface area contributed by atoms with Gasteiger partial charge in [0.15, 0.2) is 0 Å². The fourth-order valence-electron chi connectivity index (χ4n) is 2.52. The molecule has 2 saturated heterocycles. The first-order chi connectivity index (χ1) is 8.31. The first kappa shape index (κ1) is 11.1. The maximum absolute atomic E-state index is 4.14. The molecule has 0 spiro atoms.